The van der Waals surface area contributed by atoms with Crippen LogP contribution in [0.5, 0.6) is 0 Å². The average Bonchev–Trinajstić information content (AvgIpc) is 2.84. The largest absolute Gasteiger partial charge is 0.339 e. The molecule has 32 heavy (non-hydrogen) atoms. The summed E-state index contributed by atoms with van der Waals surface area (Å²) >= 11 is 0. The molecule has 2 nitrogen and oxygen atoms in total. The standard InChI is InChI=1S/C30H33NO/c1-23(2)29(28-16-10-9-15-27(28)18-17-24-11-5-3-6-12-24)30(32)31-21-19-26(20-22-31)25-13-7-4-8-14-25/h3-16,26H,17-22H2,1-2H3. The molecule has 0 atom stereocenters. The zero-order chi connectivity index (χ0) is 22.3. The lowest BCUT2D eigenvalue weighted by Crippen LogP contribution is -2.38. The van der Waals surface area contributed by atoms with Crippen molar-refractivity contribution in [2.24, 2.45) is 0 Å². The molecule has 1 aliphatic rings. The average molecular weight is 424 g/mol. The highest BCUT2D eigenvalue weighted by molar-refractivity contribution is 6.20. The monoisotopic (exact) mass is 423 g/mol. The maximum atomic E-state index is 13.7. The minimum Gasteiger partial charge on any atom is -0.339 e. The second-order valence-electron chi connectivity index (χ2n) is 8.99. The van der Waals surface area contributed by atoms with E-state index in [1.54, 1.807) is 0 Å². The van der Waals surface area contributed by atoms with Gasteiger partial charge in [0.1, 0.15) is 0 Å². The van der Waals surface area contributed by atoms with E-state index in [0.29, 0.717) is 5.92 Å². The van der Waals surface area contributed by atoms with E-state index >= 15 is 0 Å². The van der Waals surface area contributed by atoms with Gasteiger partial charge in [-0.3, -0.25) is 4.79 Å². The van der Waals surface area contributed by atoms with Crippen molar-refractivity contribution in [1.82, 2.24) is 4.90 Å². The summed E-state index contributed by atoms with van der Waals surface area (Å²) in [7, 11) is 0. The number of aryl methyl sites for hydroxylation is 2. The number of rotatable bonds is 6. The van der Waals surface area contributed by atoms with Crippen LogP contribution in [0.3, 0.4) is 0 Å². The van der Waals surface area contributed by atoms with Gasteiger partial charge < -0.3 is 4.90 Å². The van der Waals surface area contributed by atoms with Crippen molar-refractivity contribution in [3.8, 4) is 0 Å². The van der Waals surface area contributed by atoms with Gasteiger partial charge in [0.2, 0.25) is 0 Å². The van der Waals surface area contributed by atoms with Crippen LogP contribution >= 0.6 is 0 Å². The van der Waals surface area contributed by atoms with E-state index in [-0.39, 0.29) is 5.91 Å². The maximum Gasteiger partial charge on any atom is 0.254 e. The Kier molecular flexibility index (Phi) is 7.21. The van der Waals surface area contributed by atoms with E-state index in [0.717, 1.165) is 55.5 Å². The first kappa shape index (κ1) is 22.1. The number of allylic oxidation sites excluding steroid dienone is 1. The lowest BCUT2D eigenvalue weighted by Gasteiger charge is -2.33. The molecule has 164 valence electrons. The van der Waals surface area contributed by atoms with Crippen LogP contribution in [-0.4, -0.2) is 23.9 Å². The Balaban J connectivity index is 1.50. The van der Waals surface area contributed by atoms with Crippen molar-refractivity contribution < 1.29 is 4.79 Å². The first-order valence-corrected chi connectivity index (χ1v) is 11.8. The molecule has 0 unspecified atom stereocenters. The number of hydrogen-bond donors (Lipinski definition) is 0. The van der Waals surface area contributed by atoms with E-state index < -0.39 is 0 Å². The summed E-state index contributed by atoms with van der Waals surface area (Å²) in [6.07, 6.45) is 3.97. The third-order valence-electron chi connectivity index (χ3n) is 6.58. The number of hydrogen-bond acceptors (Lipinski definition) is 1. The highest BCUT2D eigenvalue weighted by atomic mass is 16.2. The molecule has 1 aliphatic heterocycles. The predicted octanol–water partition coefficient (Wildman–Crippen LogP) is 6.67. The van der Waals surface area contributed by atoms with Crippen LogP contribution in [0.1, 0.15) is 54.9 Å². The summed E-state index contributed by atoms with van der Waals surface area (Å²) in [5.74, 6) is 0.734. The SMILES string of the molecule is CC(C)=C(C(=O)N1CCC(c2ccccc2)CC1)c1ccccc1CCc1ccccc1. The van der Waals surface area contributed by atoms with Crippen LogP contribution in [-0.2, 0) is 17.6 Å². The van der Waals surface area contributed by atoms with Crippen LogP contribution in [0.25, 0.3) is 5.57 Å². The highest BCUT2D eigenvalue weighted by Gasteiger charge is 2.27. The first-order valence-electron chi connectivity index (χ1n) is 11.8. The van der Waals surface area contributed by atoms with Gasteiger partial charge in [-0.05, 0) is 67.7 Å². The number of likely N-dealkylation sites (tertiary alicyclic amines) is 1. The lowest BCUT2D eigenvalue weighted by atomic mass is 9.88. The van der Waals surface area contributed by atoms with E-state index in [1.807, 2.05) is 0 Å². The molecular weight excluding hydrogens is 390 g/mol. The molecular formula is C30H33NO. The fourth-order valence-corrected chi connectivity index (χ4v) is 4.80. The molecule has 1 fully saturated rings. The molecule has 0 N–H and O–H groups in total. The first-order chi connectivity index (χ1) is 15.6. The van der Waals surface area contributed by atoms with Crippen molar-refractivity contribution in [3.05, 3.63) is 113 Å². The summed E-state index contributed by atoms with van der Waals surface area (Å²) in [5, 5.41) is 0. The molecule has 0 radical (unpaired) electrons. The Morgan fingerprint density at radius 1 is 0.781 bits per heavy atom. The van der Waals surface area contributed by atoms with Gasteiger partial charge >= 0.3 is 0 Å². The highest BCUT2D eigenvalue weighted by Crippen LogP contribution is 2.31. The van der Waals surface area contributed by atoms with E-state index in [1.165, 1.54) is 16.7 Å². The molecule has 0 aliphatic carbocycles. The number of carbonyl (C=O) groups is 1. The Morgan fingerprint density at radius 2 is 1.38 bits per heavy atom. The smallest absolute Gasteiger partial charge is 0.254 e. The molecule has 1 saturated heterocycles. The van der Waals surface area contributed by atoms with E-state index in [2.05, 4.69) is 104 Å². The van der Waals surface area contributed by atoms with Gasteiger partial charge in [0.15, 0.2) is 0 Å². The van der Waals surface area contributed by atoms with Gasteiger partial charge in [-0.15, -0.1) is 0 Å². The third kappa shape index (κ3) is 5.19. The van der Waals surface area contributed by atoms with Crippen LogP contribution in [0.4, 0.5) is 0 Å². The second-order valence-corrected chi connectivity index (χ2v) is 8.99. The van der Waals surface area contributed by atoms with Crippen molar-refractivity contribution in [2.75, 3.05) is 13.1 Å². The third-order valence-corrected chi connectivity index (χ3v) is 6.58. The molecule has 1 heterocycles. The molecule has 1 amide bonds. The van der Waals surface area contributed by atoms with Crippen molar-refractivity contribution in [3.63, 3.8) is 0 Å². The van der Waals surface area contributed by atoms with Crippen LogP contribution in [0.2, 0.25) is 0 Å². The van der Waals surface area contributed by atoms with Gasteiger partial charge in [-0.25, -0.2) is 0 Å². The fourth-order valence-electron chi connectivity index (χ4n) is 4.80. The minimum absolute atomic E-state index is 0.184. The molecule has 0 bridgehead atoms. The summed E-state index contributed by atoms with van der Waals surface area (Å²) < 4.78 is 0. The number of piperidine rings is 1. The van der Waals surface area contributed by atoms with E-state index in [4.69, 9.17) is 0 Å². The molecule has 4 rings (SSSR count). The van der Waals surface area contributed by atoms with Crippen LogP contribution < -0.4 is 0 Å². The Labute approximate surface area is 192 Å². The van der Waals surface area contributed by atoms with Crippen molar-refractivity contribution in [2.45, 2.75) is 45.4 Å². The summed E-state index contributed by atoms with van der Waals surface area (Å²) in [6.45, 7) is 5.78. The van der Waals surface area contributed by atoms with Gasteiger partial charge in [-0.1, -0.05) is 90.5 Å². The molecule has 0 saturated carbocycles. The summed E-state index contributed by atoms with van der Waals surface area (Å²) in [6, 6.07) is 29.7. The molecule has 3 aromatic rings. The van der Waals surface area contributed by atoms with Gasteiger partial charge in [-0.2, -0.15) is 0 Å². The summed E-state index contributed by atoms with van der Waals surface area (Å²) in [4.78, 5) is 15.7. The normalized spacial score (nSPS) is 14.2. The number of nitrogens with zero attached hydrogens (tertiary/aromatic N) is 1. The Morgan fingerprint density at radius 3 is 2.03 bits per heavy atom. The number of carbonyl (C=O) groups excluding carboxylic acids is 1. The Hall–Kier alpha value is -3.13. The van der Waals surface area contributed by atoms with Crippen molar-refractivity contribution >= 4 is 11.5 Å². The fraction of sp³-hybridized carbons (Fsp3) is 0.300. The van der Waals surface area contributed by atoms with Crippen LogP contribution in [0, 0.1) is 0 Å². The molecule has 3 aromatic carbocycles. The Bertz CT molecular complexity index is 1060. The van der Waals surface area contributed by atoms with E-state index in [9.17, 15) is 4.79 Å². The predicted molar refractivity (Wildman–Crippen MR) is 134 cm³/mol. The molecule has 0 aromatic heterocycles. The second kappa shape index (κ2) is 10.5. The minimum atomic E-state index is 0.184. The van der Waals surface area contributed by atoms with Gasteiger partial charge in [0, 0.05) is 18.7 Å². The van der Waals surface area contributed by atoms with Gasteiger partial charge in [0.05, 0.1) is 0 Å². The zero-order valence-corrected chi connectivity index (χ0v) is 19.3. The van der Waals surface area contributed by atoms with Crippen molar-refractivity contribution in [1.29, 1.82) is 0 Å². The topological polar surface area (TPSA) is 20.3 Å². The van der Waals surface area contributed by atoms with Gasteiger partial charge in [0.25, 0.3) is 5.91 Å². The quantitative estimate of drug-likeness (QED) is 0.405. The maximum absolute atomic E-state index is 13.7. The number of benzene rings is 3. The molecule has 0 spiro atoms. The summed E-state index contributed by atoms with van der Waals surface area (Å²) in [5.41, 5.74) is 7.04. The lowest BCUT2D eigenvalue weighted by molar-refractivity contribution is -0.126. The number of amides is 1. The van der Waals surface area contributed by atoms with Crippen LogP contribution in [0.15, 0.2) is 90.5 Å². The molecule has 2 heteroatoms. The zero-order valence-electron chi connectivity index (χ0n) is 19.3.